The molecule has 0 radical (unpaired) electrons. The summed E-state index contributed by atoms with van der Waals surface area (Å²) in [6.45, 7) is 1.77. The first-order chi connectivity index (χ1) is 16.0. The zero-order chi connectivity index (χ0) is 22.9. The summed E-state index contributed by atoms with van der Waals surface area (Å²) < 4.78 is 0. The Labute approximate surface area is 200 Å². The maximum absolute atomic E-state index is 13.4. The Morgan fingerprint density at radius 1 is 1.03 bits per heavy atom. The van der Waals surface area contributed by atoms with Crippen molar-refractivity contribution in [3.05, 3.63) is 95.0 Å². The van der Waals surface area contributed by atoms with Gasteiger partial charge in [-0.25, -0.2) is 14.9 Å². The minimum Gasteiger partial charge on any atom is -0.324 e. The van der Waals surface area contributed by atoms with Gasteiger partial charge in [0, 0.05) is 5.56 Å². The quantitative estimate of drug-likeness (QED) is 0.547. The predicted octanol–water partition coefficient (Wildman–Crippen LogP) is 5.43. The number of nitrogens with one attached hydrogen (secondary N) is 1. The van der Waals surface area contributed by atoms with Crippen molar-refractivity contribution in [2.75, 3.05) is 5.32 Å². The highest BCUT2D eigenvalue weighted by Gasteiger charge is 2.42. The van der Waals surface area contributed by atoms with Crippen molar-refractivity contribution in [3.63, 3.8) is 0 Å². The molecule has 6 nitrogen and oxygen atoms in total. The second-order valence-corrected chi connectivity index (χ2v) is 9.30. The van der Waals surface area contributed by atoms with Crippen LogP contribution in [0.1, 0.15) is 24.1 Å². The van der Waals surface area contributed by atoms with Crippen molar-refractivity contribution in [3.8, 4) is 0 Å². The molecule has 3 aromatic rings. The first-order valence-corrected chi connectivity index (χ1v) is 11.7. The lowest BCUT2D eigenvalue weighted by Gasteiger charge is -2.27. The summed E-state index contributed by atoms with van der Waals surface area (Å²) in [5, 5.41) is 3.20. The van der Waals surface area contributed by atoms with Crippen molar-refractivity contribution in [1.82, 2.24) is 4.90 Å². The summed E-state index contributed by atoms with van der Waals surface area (Å²) in [7, 11) is 0. The van der Waals surface area contributed by atoms with Crippen molar-refractivity contribution in [1.29, 1.82) is 0 Å². The summed E-state index contributed by atoms with van der Waals surface area (Å²) in [6, 6.07) is 23.4. The van der Waals surface area contributed by atoms with E-state index in [4.69, 9.17) is 21.6 Å². The SMILES string of the molecule is C[C@H](SC1=Nc2ccccc2C2=N[C@@H](c3ccccc3)C(=O)N12)C(=O)Nc1ccccc1Cl. The molecule has 8 heteroatoms. The number of fused-ring (bicyclic) bond motifs is 3. The molecule has 1 N–H and O–H groups in total. The summed E-state index contributed by atoms with van der Waals surface area (Å²) in [5.74, 6) is 0.135. The maximum atomic E-state index is 13.4. The fraction of sp³-hybridized carbons (Fsp3) is 0.120. The Bertz CT molecular complexity index is 1310. The Hall–Kier alpha value is -3.42. The second-order valence-electron chi connectivity index (χ2n) is 7.58. The highest BCUT2D eigenvalue weighted by molar-refractivity contribution is 8.15. The minimum absolute atomic E-state index is 0.185. The number of benzene rings is 3. The van der Waals surface area contributed by atoms with Gasteiger partial charge in [0.25, 0.3) is 5.91 Å². The van der Waals surface area contributed by atoms with Crippen LogP contribution in [0.3, 0.4) is 0 Å². The highest BCUT2D eigenvalue weighted by Crippen LogP contribution is 2.38. The Balaban J connectivity index is 1.45. The predicted molar refractivity (Wildman–Crippen MR) is 133 cm³/mol. The second kappa shape index (κ2) is 8.84. The van der Waals surface area contributed by atoms with Crippen LogP contribution in [0, 0.1) is 0 Å². The third-order valence-electron chi connectivity index (χ3n) is 5.37. The molecular formula is C25H19ClN4O2S. The van der Waals surface area contributed by atoms with Gasteiger partial charge in [0.05, 0.1) is 21.6 Å². The smallest absolute Gasteiger partial charge is 0.263 e. The van der Waals surface area contributed by atoms with Crippen LogP contribution in [-0.4, -0.2) is 33.0 Å². The Morgan fingerprint density at radius 2 is 1.73 bits per heavy atom. The molecule has 0 aromatic heterocycles. The van der Waals surface area contributed by atoms with Gasteiger partial charge in [-0.2, -0.15) is 0 Å². The number of carbonyl (C=O) groups excluding carboxylic acids is 2. The van der Waals surface area contributed by atoms with Gasteiger partial charge in [-0.3, -0.25) is 9.59 Å². The van der Waals surface area contributed by atoms with Crippen LogP contribution in [0.15, 0.2) is 88.8 Å². The molecule has 5 rings (SSSR count). The van der Waals surface area contributed by atoms with Crippen molar-refractivity contribution in [2.45, 2.75) is 18.2 Å². The van der Waals surface area contributed by atoms with Gasteiger partial charge in [-0.1, -0.05) is 78.0 Å². The molecule has 2 atom stereocenters. The molecule has 2 amide bonds. The number of anilines is 1. The molecule has 33 heavy (non-hydrogen) atoms. The fourth-order valence-corrected chi connectivity index (χ4v) is 4.79. The molecule has 2 heterocycles. The van der Waals surface area contributed by atoms with E-state index in [0.717, 1.165) is 16.8 Å². The number of amidine groups is 2. The van der Waals surface area contributed by atoms with E-state index in [2.05, 4.69) is 5.32 Å². The van der Waals surface area contributed by atoms with E-state index in [0.29, 0.717) is 21.7 Å². The molecule has 0 aliphatic carbocycles. The molecule has 2 aliphatic rings. The lowest BCUT2D eigenvalue weighted by atomic mass is 10.1. The van der Waals surface area contributed by atoms with Crippen molar-refractivity contribution >= 4 is 57.6 Å². The highest BCUT2D eigenvalue weighted by atomic mass is 35.5. The van der Waals surface area contributed by atoms with E-state index < -0.39 is 11.3 Å². The van der Waals surface area contributed by atoms with Crippen LogP contribution in [0.5, 0.6) is 0 Å². The number of hydrogen-bond acceptors (Lipinski definition) is 5. The minimum atomic E-state index is -0.648. The number of nitrogens with zero attached hydrogens (tertiary/aromatic N) is 3. The maximum Gasteiger partial charge on any atom is 0.263 e. The van der Waals surface area contributed by atoms with Gasteiger partial charge in [-0.05, 0) is 36.8 Å². The number of halogens is 1. The topological polar surface area (TPSA) is 74.1 Å². The van der Waals surface area contributed by atoms with E-state index in [-0.39, 0.29) is 11.8 Å². The molecule has 2 aliphatic heterocycles. The fourth-order valence-electron chi connectivity index (χ4n) is 3.69. The van der Waals surface area contributed by atoms with E-state index in [1.807, 2.05) is 54.6 Å². The first-order valence-electron chi connectivity index (χ1n) is 10.4. The van der Waals surface area contributed by atoms with E-state index >= 15 is 0 Å². The molecule has 0 spiro atoms. The number of carbonyl (C=O) groups is 2. The van der Waals surface area contributed by atoms with E-state index in [1.165, 1.54) is 16.7 Å². The summed E-state index contributed by atoms with van der Waals surface area (Å²) >= 11 is 7.39. The van der Waals surface area contributed by atoms with E-state index in [1.54, 1.807) is 31.2 Å². The number of para-hydroxylation sites is 2. The Morgan fingerprint density at radius 3 is 2.52 bits per heavy atom. The van der Waals surface area contributed by atoms with Gasteiger partial charge in [-0.15, -0.1) is 0 Å². The molecule has 0 fully saturated rings. The molecule has 3 aromatic carbocycles. The molecule has 0 unspecified atom stereocenters. The largest absolute Gasteiger partial charge is 0.324 e. The zero-order valence-corrected chi connectivity index (χ0v) is 19.2. The van der Waals surface area contributed by atoms with Crippen LogP contribution in [0.25, 0.3) is 0 Å². The van der Waals surface area contributed by atoms with E-state index in [9.17, 15) is 9.59 Å². The molecular weight excluding hydrogens is 456 g/mol. The van der Waals surface area contributed by atoms with Crippen LogP contribution in [0.4, 0.5) is 11.4 Å². The summed E-state index contributed by atoms with van der Waals surface area (Å²) in [5.41, 5.74) is 2.86. The Kier molecular flexibility index (Phi) is 5.74. The standard InChI is InChI=1S/C25H19ClN4O2S/c1-15(23(31)27-20-14-8-6-12-18(20)26)33-25-28-19-13-7-5-11-17(19)22-29-21(24(32)30(22)25)16-9-3-2-4-10-16/h2-15,21H,1H3,(H,27,31)/t15-,21-/m0/s1. The third kappa shape index (κ3) is 4.05. The van der Waals surface area contributed by atoms with Gasteiger partial charge in [0.2, 0.25) is 5.91 Å². The average Bonchev–Trinajstić information content (AvgIpc) is 3.19. The lowest BCUT2D eigenvalue weighted by Crippen LogP contribution is -2.41. The third-order valence-corrected chi connectivity index (χ3v) is 6.75. The van der Waals surface area contributed by atoms with Crippen LogP contribution < -0.4 is 5.32 Å². The first kappa shape index (κ1) is 21.4. The number of aliphatic imine (C=N–C) groups is 2. The monoisotopic (exact) mass is 474 g/mol. The van der Waals surface area contributed by atoms with Gasteiger partial charge >= 0.3 is 0 Å². The average molecular weight is 475 g/mol. The van der Waals surface area contributed by atoms with Crippen molar-refractivity contribution in [2.24, 2.45) is 9.98 Å². The van der Waals surface area contributed by atoms with Crippen molar-refractivity contribution < 1.29 is 9.59 Å². The number of rotatable bonds is 4. The number of hydrogen-bond donors (Lipinski definition) is 1. The summed E-state index contributed by atoms with van der Waals surface area (Å²) in [6.07, 6.45) is 0. The number of thioether (sulfide) groups is 1. The molecule has 0 saturated heterocycles. The van der Waals surface area contributed by atoms with Gasteiger partial charge in [0.15, 0.2) is 11.2 Å². The summed E-state index contributed by atoms with van der Waals surface area (Å²) in [4.78, 5) is 37.3. The van der Waals surface area contributed by atoms with Crippen LogP contribution in [-0.2, 0) is 9.59 Å². The van der Waals surface area contributed by atoms with Crippen LogP contribution in [0.2, 0.25) is 5.02 Å². The molecule has 0 saturated carbocycles. The van der Waals surface area contributed by atoms with Gasteiger partial charge in [0.1, 0.15) is 5.84 Å². The number of amides is 2. The molecule has 164 valence electrons. The lowest BCUT2D eigenvalue weighted by molar-refractivity contribution is -0.124. The van der Waals surface area contributed by atoms with Gasteiger partial charge < -0.3 is 5.32 Å². The molecule has 0 bridgehead atoms. The normalized spacial score (nSPS) is 17.6. The van der Waals surface area contributed by atoms with Crippen LogP contribution >= 0.6 is 23.4 Å². The zero-order valence-electron chi connectivity index (χ0n) is 17.6.